The van der Waals surface area contributed by atoms with Gasteiger partial charge in [-0.2, -0.15) is 10.4 Å². The Morgan fingerprint density at radius 2 is 2.06 bits per heavy atom. The van der Waals surface area contributed by atoms with Gasteiger partial charge in [-0.05, 0) is 50.5 Å². The van der Waals surface area contributed by atoms with Gasteiger partial charge in [0.15, 0.2) is 0 Å². The zero-order chi connectivity index (χ0) is 24.3. The van der Waals surface area contributed by atoms with E-state index in [0.717, 1.165) is 25.4 Å². The highest BCUT2D eigenvalue weighted by atomic mass is 16.5. The average molecular weight is 484 g/mol. The minimum atomic E-state index is -0.511. The van der Waals surface area contributed by atoms with Crippen LogP contribution in [0.3, 0.4) is 0 Å². The molecule has 1 aromatic heterocycles. The van der Waals surface area contributed by atoms with Crippen LogP contribution in [0.5, 0.6) is 0 Å². The minimum Gasteiger partial charge on any atom is -0.478 e. The molecule has 10 heteroatoms. The second-order valence-corrected chi connectivity index (χ2v) is 9.71. The van der Waals surface area contributed by atoms with Crippen molar-refractivity contribution in [2.24, 2.45) is 21.5 Å². The molecule has 1 unspecified atom stereocenters. The zero-order valence-corrected chi connectivity index (χ0v) is 20.6. The lowest BCUT2D eigenvalue weighted by Gasteiger charge is -2.30. The van der Waals surface area contributed by atoms with Crippen LogP contribution in [0.15, 0.2) is 22.5 Å². The Bertz CT molecular complexity index is 903. The fraction of sp³-hybridized carbons (Fsp3) is 0.720. The number of rotatable bonds is 10. The molecule has 0 aromatic carbocycles. The highest BCUT2D eigenvalue weighted by Crippen LogP contribution is 2.31. The smallest absolute Gasteiger partial charge is 0.222 e. The average Bonchev–Trinajstić information content (AvgIpc) is 2.92. The van der Waals surface area contributed by atoms with E-state index in [1.54, 1.807) is 19.5 Å². The standard InChI is InChI=1S/C25H37N7O3/c1-33-13-10-27-21-4-2-19(3-5-21)15-29-24-28-9-6-22(31-24)20-14-23(32-30-16-20)35-18-25(17-26)7-11-34-12-8-25/h6,9,16,19-21,27H,2-5,7-8,10-15,18H2,1H3,(H,28,29,31). The molecular formula is C25H37N7O3. The summed E-state index contributed by atoms with van der Waals surface area (Å²) in [5.74, 6) is 1.78. The van der Waals surface area contributed by atoms with Crippen LogP contribution in [0.2, 0.25) is 0 Å². The maximum absolute atomic E-state index is 9.65. The molecule has 2 aliphatic heterocycles. The number of nitrogens with zero attached hydrogens (tertiary/aromatic N) is 5. The molecule has 3 aliphatic rings. The number of methoxy groups -OCH3 is 1. The van der Waals surface area contributed by atoms with E-state index in [9.17, 15) is 5.26 Å². The van der Waals surface area contributed by atoms with Gasteiger partial charge in [0.2, 0.25) is 11.8 Å². The van der Waals surface area contributed by atoms with Gasteiger partial charge in [0.1, 0.15) is 6.61 Å². The highest BCUT2D eigenvalue weighted by molar-refractivity contribution is 5.85. The molecule has 1 atom stereocenters. The summed E-state index contributed by atoms with van der Waals surface area (Å²) in [5, 5.41) is 25.0. The van der Waals surface area contributed by atoms with E-state index in [-0.39, 0.29) is 5.92 Å². The van der Waals surface area contributed by atoms with E-state index < -0.39 is 5.41 Å². The molecule has 10 nitrogen and oxygen atoms in total. The van der Waals surface area contributed by atoms with Gasteiger partial charge in [0, 0.05) is 64.2 Å². The summed E-state index contributed by atoms with van der Waals surface area (Å²) in [6.45, 7) is 4.05. The largest absolute Gasteiger partial charge is 0.478 e. The predicted octanol–water partition coefficient (Wildman–Crippen LogP) is 2.89. The first-order chi connectivity index (χ1) is 17.2. The number of hydrogen-bond donors (Lipinski definition) is 2. The molecule has 0 bridgehead atoms. The number of aromatic nitrogens is 2. The van der Waals surface area contributed by atoms with Crippen LogP contribution < -0.4 is 10.6 Å². The number of hydrogen-bond acceptors (Lipinski definition) is 10. The first-order valence-corrected chi connectivity index (χ1v) is 12.7. The molecule has 1 aliphatic carbocycles. The lowest BCUT2D eigenvalue weighted by molar-refractivity contribution is 0.0160. The summed E-state index contributed by atoms with van der Waals surface area (Å²) >= 11 is 0. The van der Waals surface area contributed by atoms with E-state index in [1.165, 1.54) is 25.7 Å². The van der Waals surface area contributed by atoms with Gasteiger partial charge in [-0.25, -0.2) is 9.97 Å². The van der Waals surface area contributed by atoms with Crippen LogP contribution in [0.1, 0.15) is 56.6 Å². The minimum absolute atomic E-state index is 0.0348. The van der Waals surface area contributed by atoms with Gasteiger partial charge in [-0.15, -0.1) is 5.10 Å². The van der Waals surface area contributed by atoms with Gasteiger partial charge < -0.3 is 24.8 Å². The fourth-order valence-electron chi connectivity index (χ4n) is 4.84. The normalized spacial score (nSPS) is 25.9. The molecule has 4 rings (SSSR count). The molecule has 0 radical (unpaired) electrons. The van der Waals surface area contributed by atoms with Crippen molar-refractivity contribution < 1.29 is 14.2 Å². The van der Waals surface area contributed by atoms with Gasteiger partial charge in [0.05, 0.1) is 23.8 Å². The zero-order valence-electron chi connectivity index (χ0n) is 20.6. The fourth-order valence-corrected chi connectivity index (χ4v) is 4.84. The Hall–Kier alpha value is -2.61. The molecule has 0 amide bonds. The van der Waals surface area contributed by atoms with E-state index >= 15 is 0 Å². The van der Waals surface area contributed by atoms with Crippen LogP contribution >= 0.6 is 0 Å². The van der Waals surface area contributed by atoms with Crippen molar-refractivity contribution >= 4 is 18.1 Å². The quantitative estimate of drug-likeness (QED) is 0.487. The SMILES string of the molecule is COCCNC1CCC(CNc2nccc(C3C=NN=C(OCC4(C#N)CCOCC4)C3)n2)CC1. The maximum atomic E-state index is 9.65. The number of ether oxygens (including phenoxy) is 3. The van der Waals surface area contributed by atoms with Gasteiger partial charge in [-0.1, -0.05) is 0 Å². The Kier molecular flexibility index (Phi) is 9.40. The van der Waals surface area contributed by atoms with E-state index in [4.69, 9.17) is 19.2 Å². The Balaban J connectivity index is 1.23. The van der Waals surface area contributed by atoms with Crippen molar-refractivity contribution in [3.05, 3.63) is 18.0 Å². The second-order valence-electron chi connectivity index (χ2n) is 9.71. The van der Waals surface area contributed by atoms with Crippen LogP contribution in [0.4, 0.5) is 5.95 Å². The molecular weight excluding hydrogens is 446 g/mol. The summed E-state index contributed by atoms with van der Waals surface area (Å²) in [7, 11) is 1.74. The number of nitriles is 1. The summed E-state index contributed by atoms with van der Waals surface area (Å²) in [6, 6.07) is 4.94. The van der Waals surface area contributed by atoms with Crippen molar-refractivity contribution in [2.45, 2.75) is 56.9 Å². The van der Waals surface area contributed by atoms with Crippen LogP contribution in [-0.2, 0) is 14.2 Å². The lowest BCUT2D eigenvalue weighted by Crippen LogP contribution is -2.36. The Morgan fingerprint density at radius 1 is 1.23 bits per heavy atom. The van der Waals surface area contributed by atoms with Gasteiger partial charge >= 0.3 is 0 Å². The molecule has 0 spiro atoms. The molecule has 2 N–H and O–H groups in total. The Labute approximate surface area is 207 Å². The van der Waals surface area contributed by atoms with Crippen molar-refractivity contribution in [3.8, 4) is 6.07 Å². The second kappa shape index (κ2) is 12.9. The lowest BCUT2D eigenvalue weighted by atomic mass is 9.83. The predicted molar refractivity (Wildman–Crippen MR) is 133 cm³/mol. The van der Waals surface area contributed by atoms with E-state index in [0.29, 0.717) is 62.9 Å². The molecule has 1 aromatic rings. The molecule has 3 heterocycles. The van der Waals surface area contributed by atoms with Crippen molar-refractivity contribution in [3.63, 3.8) is 0 Å². The third-order valence-electron chi connectivity index (χ3n) is 7.20. The van der Waals surface area contributed by atoms with Crippen LogP contribution in [0.25, 0.3) is 0 Å². The number of anilines is 1. The molecule has 2 fully saturated rings. The van der Waals surface area contributed by atoms with E-state index in [2.05, 4.69) is 31.9 Å². The topological polar surface area (TPSA) is 126 Å². The highest BCUT2D eigenvalue weighted by Gasteiger charge is 2.34. The summed E-state index contributed by atoms with van der Waals surface area (Å²) in [6.07, 6.45) is 10.3. The van der Waals surface area contributed by atoms with Crippen LogP contribution in [-0.4, -0.2) is 74.7 Å². The molecule has 35 heavy (non-hydrogen) atoms. The third-order valence-corrected chi connectivity index (χ3v) is 7.20. The number of nitrogens with one attached hydrogen (secondary N) is 2. The summed E-state index contributed by atoms with van der Waals surface area (Å²) < 4.78 is 16.5. The van der Waals surface area contributed by atoms with Crippen molar-refractivity contribution in [1.29, 1.82) is 5.26 Å². The van der Waals surface area contributed by atoms with E-state index in [1.807, 2.05) is 6.07 Å². The molecule has 190 valence electrons. The van der Waals surface area contributed by atoms with Gasteiger partial charge in [0.25, 0.3) is 0 Å². The first kappa shape index (κ1) is 25.5. The third kappa shape index (κ3) is 7.43. The molecule has 1 saturated carbocycles. The summed E-state index contributed by atoms with van der Waals surface area (Å²) in [4.78, 5) is 9.16. The molecule has 1 saturated heterocycles. The van der Waals surface area contributed by atoms with Crippen LogP contribution in [0, 0.1) is 22.7 Å². The van der Waals surface area contributed by atoms with Crippen molar-refractivity contribution in [2.75, 3.05) is 51.9 Å². The van der Waals surface area contributed by atoms with Crippen molar-refractivity contribution in [1.82, 2.24) is 15.3 Å². The monoisotopic (exact) mass is 483 g/mol. The summed E-state index contributed by atoms with van der Waals surface area (Å²) in [5.41, 5.74) is 0.372. The van der Waals surface area contributed by atoms with Gasteiger partial charge in [-0.3, -0.25) is 0 Å². The Morgan fingerprint density at radius 3 is 2.83 bits per heavy atom. The maximum Gasteiger partial charge on any atom is 0.222 e. The first-order valence-electron chi connectivity index (χ1n) is 12.7.